The minimum atomic E-state index is -0.241. The van der Waals surface area contributed by atoms with Gasteiger partial charge in [0.1, 0.15) is 0 Å². The molecule has 0 aromatic rings. The Hall–Kier alpha value is -0.200. The van der Waals surface area contributed by atoms with Crippen molar-refractivity contribution in [1.82, 2.24) is 4.90 Å². The maximum absolute atomic E-state index is 9.67. The van der Waals surface area contributed by atoms with Gasteiger partial charge in [0.25, 0.3) is 0 Å². The minimum absolute atomic E-state index is 0.186. The molecule has 5 nitrogen and oxygen atoms in total. The van der Waals surface area contributed by atoms with Crippen LogP contribution in [0.3, 0.4) is 0 Å². The molecule has 2 heterocycles. The van der Waals surface area contributed by atoms with Gasteiger partial charge in [-0.25, -0.2) is 0 Å². The fourth-order valence-electron chi connectivity index (χ4n) is 2.57. The summed E-state index contributed by atoms with van der Waals surface area (Å²) in [7, 11) is 3.29. The lowest BCUT2D eigenvalue weighted by atomic mass is 10.0. The molecule has 16 heavy (non-hydrogen) atoms. The molecule has 2 aliphatic heterocycles. The number of likely N-dealkylation sites (tertiary alicyclic amines) is 1. The molecule has 0 aliphatic carbocycles. The number of ether oxygens (including phenoxy) is 3. The molecule has 0 aromatic carbocycles. The molecular formula is C11H21NO4. The van der Waals surface area contributed by atoms with Crippen LogP contribution in [0.2, 0.25) is 0 Å². The maximum Gasteiger partial charge on any atom is 0.175 e. The standard InChI is InChI=1S/C11H21NO4/c1-14-10-6-9(11(15-2)16-10)12-5-3-4-8(13)7-12/h8-11,13H,3-7H2,1-2H3. The van der Waals surface area contributed by atoms with Crippen LogP contribution >= 0.6 is 0 Å². The largest absolute Gasteiger partial charge is 0.392 e. The fourth-order valence-corrected chi connectivity index (χ4v) is 2.57. The molecule has 2 aliphatic rings. The summed E-state index contributed by atoms with van der Waals surface area (Å²) in [6.07, 6.45) is 2.10. The summed E-state index contributed by atoms with van der Waals surface area (Å²) in [5.74, 6) is 0. The number of aliphatic hydroxyl groups excluding tert-OH is 1. The summed E-state index contributed by atoms with van der Waals surface area (Å²) in [5, 5.41) is 9.67. The van der Waals surface area contributed by atoms with Crippen molar-refractivity contribution in [2.45, 2.75) is 44.0 Å². The Bertz CT molecular complexity index is 226. The van der Waals surface area contributed by atoms with E-state index < -0.39 is 0 Å². The van der Waals surface area contributed by atoms with Crippen molar-refractivity contribution in [3.63, 3.8) is 0 Å². The Labute approximate surface area is 96.3 Å². The monoisotopic (exact) mass is 231 g/mol. The molecule has 2 rings (SSSR count). The minimum Gasteiger partial charge on any atom is -0.392 e. The van der Waals surface area contributed by atoms with Crippen LogP contribution in [0.5, 0.6) is 0 Å². The fraction of sp³-hybridized carbons (Fsp3) is 1.00. The highest BCUT2D eigenvalue weighted by molar-refractivity contribution is 4.85. The summed E-state index contributed by atoms with van der Waals surface area (Å²) < 4.78 is 16.1. The molecule has 94 valence electrons. The topological polar surface area (TPSA) is 51.2 Å². The molecule has 0 radical (unpaired) electrons. The number of rotatable bonds is 3. The van der Waals surface area contributed by atoms with Crippen molar-refractivity contribution < 1.29 is 19.3 Å². The molecular weight excluding hydrogens is 210 g/mol. The van der Waals surface area contributed by atoms with Crippen molar-refractivity contribution in [3.8, 4) is 0 Å². The number of β-amino-alcohol motifs (C(OH)–C–C–N with tert-alkyl or cyclic N) is 1. The van der Waals surface area contributed by atoms with E-state index in [9.17, 15) is 5.11 Å². The average Bonchev–Trinajstić information content (AvgIpc) is 2.72. The molecule has 0 aromatic heterocycles. The first-order valence-electron chi connectivity index (χ1n) is 5.87. The average molecular weight is 231 g/mol. The van der Waals surface area contributed by atoms with E-state index in [0.29, 0.717) is 6.54 Å². The summed E-state index contributed by atoms with van der Waals surface area (Å²) in [5.41, 5.74) is 0. The van der Waals surface area contributed by atoms with E-state index in [0.717, 1.165) is 25.8 Å². The first kappa shape index (κ1) is 12.3. The Morgan fingerprint density at radius 3 is 2.75 bits per heavy atom. The molecule has 5 heteroatoms. The number of hydrogen-bond acceptors (Lipinski definition) is 5. The van der Waals surface area contributed by atoms with E-state index in [1.807, 2.05) is 0 Å². The molecule has 0 spiro atoms. The highest BCUT2D eigenvalue weighted by atomic mass is 16.8. The Kier molecular flexibility index (Phi) is 4.16. The highest BCUT2D eigenvalue weighted by Crippen LogP contribution is 2.28. The molecule has 4 atom stereocenters. The van der Waals surface area contributed by atoms with E-state index in [2.05, 4.69) is 4.90 Å². The molecule has 0 amide bonds. The number of nitrogens with zero attached hydrogens (tertiary/aromatic N) is 1. The van der Waals surface area contributed by atoms with Crippen molar-refractivity contribution in [2.24, 2.45) is 0 Å². The van der Waals surface area contributed by atoms with E-state index in [-0.39, 0.29) is 24.7 Å². The van der Waals surface area contributed by atoms with E-state index >= 15 is 0 Å². The number of hydrogen-bond donors (Lipinski definition) is 1. The van der Waals surface area contributed by atoms with Crippen LogP contribution in [-0.2, 0) is 14.2 Å². The van der Waals surface area contributed by atoms with Crippen LogP contribution in [0.1, 0.15) is 19.3 Å². The van der Waals surface area contributed by atoms with Crippen molar-refractivity contribution in [1.29, 1.82) is 0 Å². The SMILES string of the molecule is COC1CC(N2CCCC(O)C2)C(OC)O1. The lowest BCUT2D eigenvalue weighted by molar-refractivity contribution is -0.195. The van der Waals surface area contributed by atoms with Crippen LogP contribution in [0.15, 0.2) is 0 Å². The van der Waals surface area contributed by atoms with Gasteiger partial charge in [-0.1, -0.05) is 0 Å². The lowest BCUT2D eigenvalue weighted by Crippen LogP contribution is -2.48. The quantitative estimate of drug-likeness (QED) is 0.750. The first-order valence-corrected chi connectivity index (χ1v) is 5.87. The van der Waals surface area contributed by atoms with Gasteiger partial charge in [0.05, 0.1) is 12.1 Å². The summed E-state index contributed by atoms with van der Waals surface area (Å²) in [4.78, 5) is 2.25. The second-order valence-corrected chi connectivity index (χ2v) is 4.50. The second kappa shape index (κ2) is 5.42. The normalized spacial score (nSPS) is 41.4. The Morgan fingerprint density at radius 1 is 1.31 bits per heavy atom. The van der Waals surface area contributed by atoms with Crippen LogP contribution in [-0.4, -0.2) is 62.0 Å². The van der Waals surface area contributed by atoms with Gasteiger partial charge in [-0.15, -0.1) is 0 Å². The zero-order valence-electron chi connectivity index (χ0n) is 9.96. The van der Waals surface area contributed by atoms with Gasteiger partial charge < -0.3 is 19.3 Å². The third-order valence-electron chi connectivity index (χ3n) is 3.43. The molecule has 0 bridgehead atoms. The zero-order valence-corrected chi connectivity index (χ0v) is 9.96. The Balaban J connectivity index is 1.96. The summed E-state index contributed by atoms with van der Waals surface area (Å²) in [6, 6.07) is 0.199. The number of methoxy groups -OCH3 is 2. The third-order valence-corrected chi connectivity index (χ3v) is 3.43. The number of piperidine rings is 1. The Morgan fingerprint density at radius 2 is 2.12 bits per heavy atom. The van der Waals surface area contributed by atoms with Crippen LogP contribution in [0, 0.1) is 0 Å². The van der Waals surface area contributed by atoms with Gasteiger partial charge in [-0.3, -0.25) is 4.90 Å². The third kappa shape index (κ3) is 2.55. The smallest absolute Gasteiger partial charge is 0.175 e. The van der Waals surface area contributed by atoms with Gasteiger partial charge in [0, 0.05) is 27.2 Å². The van der Waals surface area contributed by atoms with Crippen molar-refractivity contribution >= 4 is 0 Å². The van der Waals surface area contributed by atoms with E-state index in [1.54, 1.807) is 14.2 Å². The second-order valence-electron chi connectivity index (χ2n) is 4.50. The van der Waals surface area contributed by atoms with Gasteiger partial charge in [-0.05, 0) is 19.4 Å². The van der Waals surface area contributed by atoms with Crippen LogP contribution in [0.4, 0.5) is 0 Å². The maximum atomic E-state index is 9.67. The first-order chi connectivity index (χ1) is 7.74. The lowest BCUT2D eigenvalue weighted by Gasteiger charge is -2.35. The van der Waals surface area contributed by atoms with Gasteiger partial charge >= 0.3 is 0 Å². The zero-order chi connectivity index (χ0) is 11.5. The number of aliphatic hydroxyl groups is 1. The molecule has 1 N–H and O–H groups in total. The van der Waals surface area contributed by atoms with E-state index in [4.69, 9.17) is 14.2 Å². The predicted molar refractivity (Wildman–Crippen MR) is 57.9 cm³/mol. The summed E-state index contributed by atoms with van der Waals surface area (Å²) >= 11 is 0. The van der Waals surface area contributed by atoms with Gasteiger partial charge in [-0.2, -0.15) is 0 Å². The van der Waals surface area contributed by atoms with Gasteiger partial charge in [0.2, 0.25) is 0 Å². The molecule has 0 saturated carbocycles. The highest BCUT2D eigenvalue weighted by Gasteiger charge is 2.40. The van der Waals surface area contributed by atoms with Gasteiger partial charge in [0.15, 0.2) is 12.6 Å². The van der Waals surface area contributed by atoms with E-state index in [1.165, 1.54) is 0 Å². The van der Waals surface area contributed by atoms with Crippen LogP contribution in [0.25, 0.3) is 0 Å². The molecule has 2 fully saturated rings. The van der Waals surface area contributed by atoms with Crippen molar-refractivity contribution in [3.05, 3.63) is 0 Å². The predicted octanol–water partition coefficient (Wildman–Crippen LogP) is 0.177. The molecule has 4 unspecified atom stereocenters. The van der Waals surface area contributed by atoms with Crippen LogP contribution < -0.4 is 0 Å². The van der Waals surface area contributed by atoms with Crippen molar-refractivity contribution in [2.75, 3.05) is 27.3 Å². The molecule has 2 saturated heterocycles. The summed E-state index contributed by atoms with van der Waals surface area (Å²) in [6.45, 7) is 1.71.